The summed E-state index contributed by atoms with van der Waals surface area (Å²) in [5, 5.41) is 13.8. The van der Waals surface area contributed by atoms with Crippen LogP contribution in [0.15, 0.2) is 22.7 Å². The third-order valence-electron chi connectivity index (χ3n) is 3.11. The molecule has 1 saturated heterocycles. The maximum atomic E-state index is 11.7. The van der Waals surface area contributed by atoms with E-state index in [4.69, 9.17) is 0 Å². The normalized spacial score (nSPS) is 19.4. The summed E-state index contributed by atoms with van der Waals surface area (Å²) in [4.78, 5) is 22.2. The van der Waals surface area contributed by atoms with Crippen LogP contribution in [0.4, 0.5) is 5.69 Å². The number of benzene rings is 1. The second-order valence-electron chi connectivity index (χ2n) is 4.36. The van der Waals surface area contributed by atoms with Gasteiger partial charge in [0.25, 0.3) is 5.69 Å². The van der Waals surface area contributed by atoms with E-state index in [1.165, 1.54) is 6.07 Å². The Morgan fingerprint density at radius 1 is 1.50 bits per heavy atom. The molecule has 0 saturated carbocycles. The van der Waals surface area contributed by atoms with Gasteiger partial charge in [-0.25, -0.2) is 0 Å². The highest BCUT2D eigenvalue weighted by Crippen LogP contribution is 2.27. The number of carbonyl (C=O) groups is 1. The summed E-state index contributed by atoms with van der Waals surface area (Å²) in [5.74, 6) is -0.155. The van der Waals surface area contributed by atoms with E-state index in [9.17, 15) is 14.9 Å². The van der Waals surface area contributed by atoms with Gasteiger partial charge < -0.3 is 5.32 Å². The minimum Gasteiger partial charge on any atom is -0.356 e. The van der Waals surface area contributed by atoms with Crippen molar-refractivity contribution in [3.05, 3.63) is 38.3 Å². The smallest absolute Gasteiger partial charge is 0.273 e. The van der Waals surface area contributed by atoms with Crippen molar-refractivity contribution in [2.75, 3.05) is 6.54 Å². The lowest BCUT2D eigenvalue weighted by atomic mass is 9.91. The maximum Gasteiger partial charge on any atom is 0.273 e. The molecular weight excluding hydrogens is 300 g/mol. The molecule has 1 N–H and O–H groups in total. The van der Waals surface area contributed by atoms with E-state index in [1.807, 2.05) is 0 Å². The standard InChI is InChI=1S/C12H13BrN2O3/c13-10-4-3-8(11(7-10)15(17)18)6-9-2-1-5-14-12(9)16/h3-4,7,9H,1-2,5-6H2,(H,14,16). The SMILES string of the molecule is O=C1NCCCC1Cc1ccc(Br)cc1[N+](=O)[O-]. The van der Waals surface area contributed by atoms with E-state index >= 15 is 0 Å². The second kappa shape index (κ2) is 5.48. The molecule has 1 heterocycles. The van der Waals surface area contributed by atoms with Gasteiger partial charge in [-0.05, 0) is 25.3 Å². The number of nitro benzene ring substituents is 1. The fourth-order valence-corrected chi connectivity index (χ4v) is 2.52. The highest BCUT2D eigenvalue weighted by atomic mass is 79.9. The van der Waals surface area contributed by atoms with E-state index in [0.29, 0.717) is 23.0 Å². The zero-order valence-corrected chi connectivity index (χ0v) is 11.3. The predicted molar refractivity (Wildman–Crippen MR) is 70.2 cm³/mol. The Bertz CT molecular complexity index is 490. The van der Waals surface area contributed by atoms with Crippen molar-refractivity contribution >= 4 is 27.5 Å². The van der Waals surface area contributed by atoms with Crippen LogP contribution in [-0.4, -0.2) is 17.4 Å². The minimum absolute atomic E-state index is 0.00142. The number of carbonyl (C=O) groups excluding carboxylic acids is 1. The Kier molecular flexibility index (Phi) is 3.96. The van der Waals surface area contributed by atoms with Gasteiger partial charge in [0.15, 0.2) is 0 Å². The van der Waals surface area contributed by atoms with Crippen molar-refractivity contribution in [3.8, 4) is 0 Å². The summed E-state index contributed by atoms with van der Waals surface area (Å²) in [6.07, 6.45) is 2.15. The molecule has 0 aromatic heterocycles. The van der Waals surface area contributed by atoms with Crippen molar-refractivity contribution in [2.24, 2.45) is 5.92 Å². The number of nitro groups is 1. The van der Waals surface area contributed by atoms with Crippen LogP contribution in [0.1, 0.15) is 18.4 Å². The molecule has 0 bridgehead atoms. The van der Waals surface area contributed by atoms with Gasteiger partial charge in [0, 0.05) is 28.6 Å². The largest absolute Gasteiger partial charge is 0.356 e. The molecule has 1 fully saturated rings. The zero-order valence-electron chi connectivity index (χ0n) is 9.69. The van der Waals surface area contributed by atoms with Gasteiger partial charge in [0.1, 0.15) is 0 Å². The lowest BCUT2D eigenvalue weighted by Gasteiger charge is -2.21. The molecule has 0 aliphatic carbocycles. The van der Waals surface area contributed by atoms with E-state index < -0.39 is 4.92 Å². The predicted octanol–water partition coefficient (Wildman–Crippen LogP) is 2.43. The van der Waals surface area contributed by atoms with Crippen LogP contribution in [0.5, 0.6) is 0 Å². The van der Waals surface area contributed by atoms with Gasteiger partial charge in [-0.1, -0.05) is 22.0 Å². The van der Waals surface area contributed by atoms with Gasteiger partial charge in [-0.3, -0.25) is 14.9 Å². The minimum atomic E-state index is -0.402. The van der Waals surface area contributed by atoms with Crippen LogP contribution in [0, 0.1) is 16.0 Å². The number of piperidine rings is 1. The van der Waals surface area contributed by atoms with Crippen LogP contribution in [0.2, 0.25) is 0 Å². The first-order chi connectivity index (χ1) is 8.58. The molecule has 1 amide bonds. The molecular formula is C12H13BrN2O3. The topological polar surface area (TPSA) is 72.2 Å². The lowest BCUT2D eigenvalue weighted by Crippen LogP contribution is -2.37. The first-order valence-corrected chi connectivity index (χ1v) is 6.58. The van der Waals surface area contributed by atoms with Crippen LogP contribution >= 0.6 is 15.9 Å². The summed E-state index contributed by atoms with van der Waals surface area (Å²) in [6, 6.07) is 4.96. The lowest BCUT2D eigenvalue weighted by molar-refractivity contribution is -0.385. The zero-order chi connectivity index (χ0) is 13.1. The summed E-state index contributed by atoms with van der Waals surface area (Å²) in [7, 11) is 0. The van der Waals surface area contributed by atoms with Gasteiger partial charge >= 0.3 is 0 Å². The van der Waals surface area contributed by atoms with Crippen molar-refractivity contribution in [3.63, 3.8) is 0 Å². The molecule has 2 rings (SSSR count). The van der Waals surface area contributed by atoms with Crippen molar-refractivity contribution in [1.82, 2.24) is 5.32 Å². The first-order valence-electron chi connectivity index (χ1n) is 5.78. The Labute approximate surface area is 113 Å². The number of rotatable bonds is 3. The fourth-order valence-electron chi connectivity index (χ4n) is 2.18. The fraction of sp³-hybridized carbons (Fsp3) is 0.417. The van der Waals surface area contributed by atoms with Crippen LogP contribution in [0.25, 0.3) is 0 Å². The number of amides is 1. The Morgan fingerprint density at radius 3 is 2.94 bits per heavy atom. The van der Waals surface area contributed by atoms with E-state index in [1.54, 1.807) is 12.1 Å². The number of nitrogens with zero attached hydrogens (tertiary/aromatic N) is 1. The highest BCUT2D eigenvalue weighted by Gasteiger charge is 2.25. The first kappa shape index (κ1) is 13.0. The van der Waals surface area contributed by atoms with E-state index in [0.717, 1.165) is 12.8 Å². The monoisotopic (exact) mass is 312 g/mol. The molecule has 1 aliphatic rings. The quantitative estimate of drug-likeness (QED) is 0.688. The Morgan fingerprint density at radius 2 is 2.28 bits per heavy atom. The van der Waals surface area contributed by atoms with Crippen LogP contribution in [-0.2, 0) is 11.2 Å². The second-order valence-corrected chi connectivity index (χ2v) is 5.28. The molecule has 0 spiro atoms. The third-order valence-corrected chi connectivity index (χ3v) is 3.60. The summed E-state index contributed by atoms with van der Waals surface area (Å²) < 4.78 is 0.672. The van der Waals surface area contributed by atoms with Crippen molar-refractivity contribution < 1.29 is 9.72 Å². The molecule has 96 valence electrons. The van der Waals surface area contributed by atoms with E-state index in [-0.39, 0.29) is 17.5 Å². The maximum absolute atomic E-state index is 11.7. The summed E-state index contributed by atoms with van der Waals surface area (Å²) in [5.41, 5.74) is 0.688. The van der Waals surface area contributed by atoms with Crippen molar-refractivity contribution in [2.45, 2.75) is 19.3 Å². The molecule has 1 aromatic rings. The summed E-state index contributed by atoms with van der Waals surface area (Å²) >= 11 is 3.22. The number of hydrogen-bond acceptors (Lipinski definition) is 3. The van der Waals surface area contributed by atoms with Crippen LogP contribution in [0.3, 0.4) is 0 Å². The molecule has 1 atom stereocenters. The van der Waals surface area contributed by atoms with Gasteiger partial charge in [0.2, 0.25) is 5.91 Å². The van der Waals surface area contributed by atoms with Gasteiger partial charge in [0.05, 0.1) is 4.92 Å². The molecule has 1 aromatic carbocycles. The number of nitrogens with one attached hydrogen (secondary N) is 1. The Hall–Kier alpha value is -1.43. The summed E-state index contributed by atoms with van der Waals surface area (Å²) in [6.45, 7) is 0.706. The Balaban J connectivity index is 2.22. The average molecular weight is 313 g/mol. The number of hydrogen-bond donors (Lipinski definition) is 1. The molecule has 6 heteroatoms. The van der Waals surface area contributed by atoms with Gasteiger partial charge in [-0.2, -0.15) is 0 Å². The molecule has 18 heavy (non-hydrogen) atoms. The average Bonchev–Trinajstić information content (AvgIpc) is 2.34. The van der Waals surface area contributed by atoms with Crippen LogP contribution < -0.4 is 5.32 Å². The number of halogens is 1. The molecule has 5 nitrogen and oxygen atoms in total. The van der Waals surface area contributed by atoms with Crippen molar-refractivity contribution in [1.29, 1.82) is 0 Å². The van der Waals surface area contributed by atoms with E-state index in [2.05, 4.69) is 21.2 Å². The molecule has 1 aliphatic heterocycles. The molecule has 1 unspecified atom stereocenters. The molecule has 0 radical (unpaired) electrons. The van der Waals surface area contributed by atoms with Gasteiger partial charge in [-0.15, -0.1) is 0 Å². The third kappa shape index (κ3) is 2.87. The highest BCUT2D eigenvalue weighted by molar-refractivity contribution is 9.10.